The molecule has 0 unspecified atom stereocenters. The maximum Gasteiger partial charge on any atom is 0.343 e. The molecule has 0 bridgehead atoms. The number of ether oxygens (including phenoxy) is 1. The Morgan fingerprint density at radius 3 is 2.72 bits per heavy atom. The van der Waals surface area contributed by atoms with Crippen molar-refractivity contribution >= 4 is 5.97 Å². The Bertz CT molecular complexity index is 544. The third kappa shape index (κ3) is 2.86. The highest BCUT2D eigenvalue weighted by atomic mass is 16.5. The molecule has 0 spiro atoms. The van der Waals surface area contributed by atoms with Gasteiger partial charge in [0.2, 0.25) is 0 Å². The number of hydrogen-bond acceptors (Lipinski definition) is 2. The van der Waals surface area contributed by atoms with Gasteiger partial charge >= 0.3 is 5.97 Å². The van der Waals surface area contributed by atoms with Gasteiger partial charge in [-0.1, -0.05) is 42.5 Å². The molecule has 89 valence electrons. The van der Waals surface area contributed by atoms with E-state index in [-0.39, 0.29) is 5.97 Å². The lowest BCUT2D eigenvalue weighted by Gasteiger charge is -2.08. The molecule has 2 rings (SSSR count). The van der Waals surface area contributed by atoms with E-state index >= 15 is 0 Å². The summed E-state index contributed by atoms with van der Waals surface area (Å²) in [5.74, 6) is 0.0922. The number of carbonyl (C=O) groups excluding carboxylic acids is 1. The Morgan fingerprint density at radius 2 is 2.00 bits per heavy atom. The summed E-state index contributed by atoms with van der Waals surface area (Å²) in [6.45, 7) is 3.68. The smallest absolute Gasteiger partial charge is 0.343 e. The van der Waals surface area contributed by atoms with Gasteiger partial charge in [0.15, 0.2) is 0 Å². The molecular weight excluding hydrogens is 224 g/mol. The maximum atomic E-state index is 11.9. The molecule has 0 amide bonds. The SMILES string of the molecule is C=CCc1ccc[c]c1OC(=O)c1ccccc1. The number of esters is 1. The first kappa shape index (κ1) is 12.1. The van der Waals surface area contributed by atoms with Crippen LogP contribution in [0.15, 0.2) is 61.2 Å². The minimum Gasteiger partial charge on any atom is -0.422 e. The molecule has 0 aliphatic heterocycles. The van der Waals surface area contributed by atoms with Gasteiger partial charge < -0.3 is 4.74 Å². The molecule has 1 radical (unpaired) electrons. The monoisotopic (exact) mass is 237 g/mol. The molecule has 0 N–H and O–H groups in total. The predicted octanol–water partition coefficient (Wildman–Crippen LogP) is 3.43. The number of para-hydroxylation sites is 1. The van der Waals surface area contributed by atoms with Crippen LogP contribution in [0.25, 0.3) is 0 Å². The minimum absolute atomic E-state index is 0.372. The van der Waals surface area contributed by atoms with Crippen molar-refractivity contribution in [3.8, 4) is 5.75 Å². The molecule has 2 aromatic carbocycles. The number of carbonyl (C=O) groups is 1. The van der Waals surface area contributed by atoms with Crippen LogP contribution in [0.1, 0.15) is 15.9 Å². The van der Waals surface area contributed by atoms with E-state index in [9.17, 15) is 4.79 Å². The molecule has 2 heteroatoms. The molecular formula is C16H13O2. The summed E-state index contributed by atoms with van der Waals surface area (Å²) in [7, 11) is 0. The van der Waals surface area contributed by atoms with Crippen molar-refractivity contribution < 1.29 is 9.53 Å². The highest BCUT2D eigenvalue weighted by Crippen LogP contribution is 2.19. The highest BCUT2D eigenvalue weighted by molar-refractivity contribution is 5.91. The van der Waals surface area contributed by atoms with Crippen LogP contribution in [0.3, 0.4) is 0 Å². The van der Waals surface area contributed by atoms with Crippen molar-refractivity contribution in [1.82, 2.24) is 0 Å². The largest absolute Gasteiger partial charge is 0.422 e. The molecule has 0 saturated carbocycles. The van der Waals surface area contributed by atoms with Gasteiger partial charge in [0.05, 0.1) is 5.56 Å². The highest BCUT2D eigenvalue weighted by Gasteiger charge is 2.10. The third-order valence-corrected chi connectivity index (χ3v) is 2.47. The van der Waals surface area contributed by atoms with Crippen molar-refractivity contribution in [1.29, 1.82) is 0 Å². The average molecular weight is 237 g/mol. The van der Waals surface area contributed by atoms with Crippen LogP contribution in [0.5, 0.6) is 5.75 Å². The lowest BCUT2D eigenvalue weighted by atomic mass is 10.1. The van der Waals surface area contributed by atoms with E-state index in [1.54, 1.807) is 36.4 Å². The Morgan fingerprint density at radius 1 is 1.22 bits per heavy atom. The molecule has 0 aromatic heterocycles. The van der Waals surface area contributed by atoms with Gasteiger partial charge in [0, 0.05) is 6.07 Å². The summed E-state index contributed by atoms with van der Waals surface area (Å²) in [4.78, 5) is 11.9. The summed E-state index contributed by atoms with van der Waals surface area (Å²) < 4.78 is 5.34. The summed E-state index contributed by atoms with van der Waals surface area (Å²) in [6, 6.07) is 17.3. The Hall–Kier alpha value is -2.35. The molecule has 0 fully saturated rings. The summed E-state index contributed by atoms with van der Waals surface area (Å²) in [5.41, 5.74) is 1.43. The molecule has 18 heavy (non-hydrogen) atoms. The van der Waals surface area contributed by atoms with E-state index in [1.807, 2.05) is 18.2 Å². The normalized spacial score (nSPS) is 9.78. The van der Waals surface area contributed by atoms with Crippen LogP contribution in [0, 0.1) is 6.07 Å². The van der Waals surface area contributed by atoms with Gasteiger partial charge in [-0.3, -0.25) is 0 Å². The Kier molecular flexibility index (Phi) is 3.92. The topological polar surface area (TPSA) is 26.3 Å². The van der Waals surface area contributed by atoms with Crippen LogP contribution >= 0.6 is 0 Å². The average Bonchev–Trinajstić information content (AvgIpc) is 2.42. The van der Waals surface area contributed by atoms with Crippen molar-refractivity contribution in [3.63, 3.8) is 0 Å². The fraction of sp³-hybridized carbons (Fsp3) is 0.0625. The van der Waals surface area contributed by atoms with Gasteiger partial charge in [0.25, 0.3) is 0 Å². The second-order valence-electron chi connectivity index (χ2n) is 3.77. The van der Waals surface area contributed by atoms with Crippen LogP contribution in [-0.2, 0) is 6.42 Å². The maximum absolute atomic E-state index is 11.9. The Labute approximate surface area is 107 Å². The van der Waals surface area contributed by atoms with E-state index in [1.165, 1.54) is 0 Å². The zero-order chi connectivity index (χ0) is 12.8. The van der Waals surface area contributed by atoms with E-state index < -0.39 is 0 Å². The first-order chi connectivity index (χ1) is 8.81. The molecule has 0 aliphatic carbocycles. The predicted molar refractivity (Wildman–Crippen MR) is 70.6 cm³/mol. The first-order valence-electron chi connectivity index (χ1n) is 5.69. The standard InChI is InChI=1S/C16H13O2/c1-2-8-13-9-6-7-12-15(13)18-16(17)14-10-4-3-5-11-14/h2-7,9-11H,1,8H2. The van der Waals surface area contributed by atoms with Crippen molar-refractivity contribution in [2.45, 2.75) is 6.42 Å². The van der Waals surface area contributed by atoms with Crippen molar-refractivity contribution in [2.75, 3.05) is 0 Å². The van der Waals surface area contributed by atoms with Crippen LogP contribution in [-0.4, -0.2) is 5.97 Å². The number of allylic oxidation sites excluding steroid dienone is 1. The molecule has 0 atom stereocenters. The van der Waals surface area contributed by atoms with Crippen LogP contribution in [0.2, 0.25) is 0 Å². The quantitative estimate of drug-likeness (QED) is 0.462. The fourth-order valence-corrected chi connectivity index (χ4v) is 1.59. The summed E-state index contributed by atoms with van der Waals surface area (Å²) in [6.07, 6.45) is 2.41. The zero-order valence-electron chi connectivity index (χ0n) is 9.93. The van der Waals surface area contributed by atoms with Crippen LogP contribution < -0.4 is 4.74 Å². The van der Waals surface area contributed by atoms with E-state index in [2.05, 4.69) is 12.6 Å². The minimum atomic E-state index is -0.372. The van der Waals surface area contributed by atoms with Gasteiger partial charge in [-0.15, -0.1) is 6.58 Å². The van der Waals surface area contributed by atoms with E-state index in [4.69, 9.17) is 4.74 Å². The second-order valence-corrected chi connectivity index (χ2v) is 3.77. The number of benzene rings is 2. The molecule has 0 heterocycles. The number of hydrogen-bond donors (Lipinski definition) is 0. The lowest BCUT2D eigenvalue weighted by molar-refractivity contribution is 0.0733. The van der Waals surface area contributed by atoms with Gasteiger partial charge in [-0.25, -0.2) is 4.79 Å². The summed E-state index contributed by atoms with van der Waals surface area (Å²) >= 11 is 0. The zero-order valence-corrected chi connectivity index (χ0v) is 9.93. The van der Waals surface area contributed by atoms with Gasteiger partial charge in [0.1, 0.15) is 5.75 Å². The first-order valence-corrected chi connectivity index (χ1v) is 5.69. The van der Waals surface area contributed by atoms with E-state index in [0.717, 1.165) is 5.56 Å². The molecule has 2 aromatic rings. The lowest BCUT2D eigenvalue weighted by Crippen LogP contribution is -2.09. The van der Waals surface area contributed by atoms with Crippen molar-refractivity contribution in [2.24, 2.45) is 0 Å². The van der Waals surface area contributed by atoms with E-state index in [0.29, 0.717) is 17.7 Å². The molecule has 0 saturated heterocycles. The van der Waals surface area contributed by atoms with Crippen molar-refractivity contribution in [3.05, 3.63) is 78.4 Å². The van der Waals surface area contributed by atoms with Crippen LogP contribution in [0.4, 0.5) is 0 Å². The molecule has 0 aliphatic rings. The second kappa shape index (κ2) is 5.82. The number of rotatable bonds is 4. The van der Waals surface area contributed by atoms with Gasteiger partial charge in [-0.05, 0) is 24.1 Å². The molecule has 2 nitrogen and oxygen atoms in total. The third-order valence-electron chi connectivity index (χ3n) is 2.47. The van der Waals surface area contributed by atoms with Gasteiger partial charge in [-0.2, -0.15) is 0 Å². The Balaban J connectivity index is 2.19. The summed E-state index contributed by atoms with van der Waals surface area (Å²) in [5, 5.41) is 0. The fourth-order valence-electron chi connectivity index (χ4n) is 1.59.